The van der Waals surface area contributed by atoms with Crippen molar-refractivity contribution in [3.05, 3.63) is 57.3 Å². The molecule has 0 bridgehead atoms. The van der Waals surface area contributed by atoms with E-state index in [-0.39, 0.29) is 29.3 Å². The van der Waals surface area contributed by atoms with E-state index in [0.29, 0.717) is 30.7 Å². The molecular weight excluding hydrogens is 352 g/mol. The van der Waals surface area contributed by atoms with E-state index in [1.807, 2.05) is 24.4 Å². The van der Waals surface area contributed by atoms with Gasteiger partial charge in [0.1, 0.15) is 0 Å². The highest BCUT2D eigenvalue weighted by Crippen LogP contribution is 2.25. The molecule has 6 nitrogen and oxygen atoms in total. The van der Waals surface area contributed by atoms with E-state index in [1.54, 1.807) is 30.6 Å². The van der Waals surface area contributed by atoms with Crippen molar-refractivity contribution in [3.63, 3.8) is 0 Å². The maximum atomic E-state index is 12.5. The van der Waals surface area contributed by atoms with Gasteiger partial charge in [-0.15, -0.1) is 11.3 Å². The number of benzene rings is 1. The minimum atomic E-state index is -0.359. The number of nitrogens with zero attached hydrogens (tertiary/aromatic N) is 1. The average molecular weight is 372 g/mol. The second-order valence-electron chi connectivity index (χ2n) is 6.08. The Bertz CT molecular complexity index is 832. The van der Waals surface area contributed by atoms with Gasteiger partial charge in [0.05, 0.1) is 17.2 Å². The highest BCUT2D eigenvalue weighted by Gasteiger charge is 2.35. The molecule has 1 aliphatic rings. The predicted octanol–water partition coefficient (Wildman–Crippen LogP) is 2.87. The molecule has 0 radical (unpaired) electrons. The molecule has 0 fully saturated rings. The average Bonchev–Trinajstić information content (AvgIpc) is 3.25. The number of carbonyl (C=O) groups is 3. The summed E-state index contributed by atoms with van der Waals surface area (Å²) in [6.45, 7) is 2.68. The van der Waals surface area contributed by atoms with E-state index in [2.05, 4.69) is 5.32 Å². The first-order chi connectivity index (χ1) is 12.5. The number of nitrogens with one attached hydrogen (secondary N) is 1. The smallest absolute Gasteiger partial charge is 0.261 e. The van der Waals surface area contributed by atoms with Crippen molar-refractivity contribution >= 4 is 29.1 Å². The monoisotopic (exact) mass is 372 g/mol. The number of fused-ring (bicyclic) bond motifs is 1. The minimum Gasteiger partial charge on any atom is -0.385 e. The summed E-state index contributed by atoms with van der Waals surface area (Å²) in [5.41, 5.74) is 0.992. The topological polar surface area (TPSA) is 75.7 Å². The van der Waals surface area contributed by atoms with E-state index in [9.17, 15) is 14.4 Å². The molecule has 136 valence electrons. The van der Waals surface area contributed by atoms with Gasteiger partial charge < -0.3 is 10.1 Å². The Morgan fingerprint density at radius 1 is 1.23 bits per heavy atom. The second kappa shape index (κ2) is 7.80. The van der Waals surface area contributed by atoms with Gasteiger partial charge in [0.15, 0.2) is 0 Å². The maximum Gasteiger partial charge on any atom is 0.261 e. The van der Waals surface area contributed by atoms with Crippen LogP contribution in [0.25, 0.3) is 0 Å². The third kappa shape index (κ3) is 3.54. The fourth-order valence-corrected chi connectivity index (χ4v) is 3.63. The summed E-state index contributed by atoms with van der Waals surface area (Å²) in [6.07, 6.45) is 0.577. The highest BCUT2D eigenvalue weighted by molar-refractivity contribution is 7.10. The quantitative estimate of drug-likeness (QED) is 0.599. The molecule has 0 spiro atoms. The van der Waals surface area contributed by atoms with Gasteiger partial charge in [-0.25, -0.2) is 0 Å². The molecule has 1 N–H and O–H groups in total. The van der Waals surface area contributed by atoms with Gasteiger partial charge in [0, 0.05) is 30.7 Å². The molecule has 1 aliphatic heterocycles. The molecule has 2 heterocycles. The summed E-state index contributed by atoms with van der Waals surface area (Å²) in [5, 5.41) is 4.87. The van der Waals surface area contributed by atoms with E-state index in [1.165, 1.54) is 11.0 Å². The molecule has 1 aromatic carbocycles. The van der Waals surface area contributed by atoms with E-state index >= 15 is 0 Å². The normalized spacial score (nSPS) is 14.5. The molecule has 1 atom stereocenters. The summed E-state index contributed by atoms with van der Waals surface area (Å²) in [7, 11) is 1.57. The maximum absolute atomic E-state index is 12.5. The van der Waals surface area contributed by atoms with E-state index < -0.39 is 0 Å². The molecular formula is C19H20N2O4S. The summed E-state index contributed by atoms with van der Waals surface area (Å²) in [5.74, 6) is -0.950. The van der Waals surface area contributed by atoms with Crippen molar-refractivity contribution in [2.45, 2.75) is 19.4 Å². The molecule has 0 saturated carbocycles. The van der Waals surface area contributed by atoms with Crippen LogP contribution in [-0.4, -0.2) is 42.9 Å². The number of rotatable bonds is 7. The van der Waals surface area contributed by atoms with Crippen LogP contribution in [0.15, 0.2) is 35.7 Å². The second-order valence-corrected chi connectivity index (χ2v) is 7.06. The number of hydrogen-bond donors (Lipinski definition) is 1. The van der Waals surface area contributed by atoms with Crippen LogP contribution in [0.3, 0.4) is 0 Å². The third-order valence-corrected chi connectivity index (χ3v) is 5.34. The molecule has 26 heavy (non-hydrogen) atoms. The summed E-state index contributed by atoms with van der Waals surface area (Å²) >= 11 is 1.57. The number of thiophene rings is 1. The summed E-state index contributed by atoms with van der Waals surface area (Å²) < 4.78 is 4.97. The van der Waals surface area contributed by atoms with E-state index in [4.69, 9.17) is 4.74 Å². The largest absolute Gasteiger partial charge is 0.385 e. The van der Waals surface area contributed by atoms with Crippen LogP contribution in [-0.2, 0) is 4.74 Å². The van der Waals surface area contributed by atoms with Gasteiger partial charge >= 0.3 is 0 Å². The van der Waals surface area contributed by atoms with Gasteiger partial charge in [-0.3, -0.25) is 19.3 Å². The van der Waals surface area contributed by atoms with Gasteiger partial charge in [0.2, 0.25) is 0 Å². The first-order valence-electron chi connectivity index (χ1n) is 8.36. The molecule has 0 saturated heterocycles. The Morgan fingerprint density at radius 2 is 2.00 bits per heavy atom. The molecule has 3 amide bonds. The van der Waals surface area contributed by atoms with E-state index in [0.717, 1.165) is 4.88 Å². The van der Waals surface area contributed by atoms with Crippen LogP contribution < -0.4 is 5.32 Å². The number of carbonyl (C=O) groups excluding carboxylic acids is 3. The molecule has 7 heteroatoms. The Labute approximate surface area is 155 Å². The Morgan fingerprint density at radius 3 is 2.69 bits per heavy atom. The lowest BCUT2D eigenvalue weighted by atomic mass is 10.0. The van der Waals surface area contributed by atoms with Crippen LogP contribution in [0, 0.1) is 0 Å². The van der Waals surface area contributed by atoms with Gasteiger partial charge in [0.25, 0.3) is 17.7 Å². The SMILES string of the molecule is COCCCN1C(=O)c2ccc(C(=O)NC(C)c3cccs3)cc2C1=O. The van der Waals surface area contributed by atoms with Crippen LogP contribution in [0.2, 0.25) is 0 Å². The fraction of sp³-hybridized carbons (Fsp3) is 0.316. The molecule has 0 aliphatic carbocycles. The molecule has 3 rings (SSSR count). The van der Waals surface area contributed by atoms with Crippen molar-refractivity contribution in [2.75, 3.05) is 20.3 Å². The van der Waals surface area contributed by atoms with Crippen molar-refractivity contribution in [3.8, 4) is 0 Å². The van der Waals surface area contributed by atoms with Crippen LogP contribution in [0.1, 0.15) is 55.3 Å². The minimum absolute atomic E-state index is 0.126. The van der Waals surface area contributed by atoms with Crippen molar-refractivity contribution < 1.29 is 19.1 Å². The first kappa shape index (κ1) is 18.3. The zero-order valence-electron chi connectivity index (χ0n) is 14.7. The first-order valence-corrected chi connectivity index (χ1v) is 9.24. The van der Waals surface area contributed by atoms with Crippen molar-refractivity contribution in [1.29, 1.82) is 0 Å². The number of methoxy groups -OCH3 is 1. The van der Waals surface area contributed by atoms with Crippen LogP contribution in [0.4, 0.5) is 0 Å². The van der Waals surface area contributed by atoms with Crippen molar-refractivity contribution in [2.24, 2.45) is 0 Å². The van der Waals surface area contributed by atoms with Gasteiger partial charge in [-0.2, -0.15) is 0 Å². The molecule has 1 unspecified atom stereocenters. The molecule has 1 aromatic heterocycles. The van der Waals surface area contributed by atoms with Gasteiger partial charge in [-0.1, -0.05) is 6.07 Å². The third-order valence-electron chi connectivity index (χ3n) is 4.28. The Balaban J connectivity index is 1.74. The van der Waals surface area contributed by atoms with Crippen LogP contribution >= 0.6 is 11.3 Å². The summed E-state index contributed by atoms with van der Waals surface area (Å²) in [4.78, 5) is 39.7. The lowest BCUT2D eigenvalue weighted by Crippen LogP contribution is -2.31. The standard InChI is InChI=1S/C19H20N2O4S/c1-12(16-5-3-10-26-16)20-17(22)13-6-7-14-15(11-13)19(24)21(18(14)23)8-4-9-25-2/h3,5-7,10-12H,4,8-9H2,1-2H3,(H,20,22). The number of imide groups is 1. The lowest BCUT2D eigenvalue weighted by molar-refractivity contribution is 0.0638. The molecule has 2 aromatic rings. The summed E-state index contributed by atoms with van der Waals surface area (Å²) in [6, 6.07) is 8.40. The highest BCUT2D eigenvalue weighted by atomic mass is 32.1. The van der Waals surface area contributed by atoms with Crippen LogP contribution in [0.5, 0.6) is 0 Å². The number of ether oxygens (including phenoxy) is 1. The number of hydrogen-bond acceptors (Lipinski definition) is 5. The lowest BCUT2D eigenvalue weighted by Gasteiger charge is -2.13. The van der Waals surface area contributed by atoms with Crippen molar-refractivity contribution in [1.82, 2.24) is 10.2 Å². The Hall–Kier alpha value is -2.51. The zero-order valence-corrected chi connectivity index (χ0v) is 15.5. The zero-order chi connectivity index (χ0) is 18.7. The fourth-order valence-electron chi connectivity index (χ4n) is 2.89. The predicted molar refractivity (Wildman–Crippen MR) is 98.5 cm³/mol. The van der Waals surface area contributed by atoms with Gasteiger partial charge in [-0.05, 0) is 43.0 Å². The number of amides is 3. The Kier molecular flexibility index (Phi) is 5.49.